The maximum Gasteiger partial charge on any atom is 0.255 e. The summed E-state index contributed by atoms with van der Waals surface area (Å²) >= 11 is 0. The van der Waals surface area contributed by atoms with Crippen molar-refractivity contribution in [2.75, 3.05) is 46.4 Å². The number of aliphatic hydroxyl groups is 1. The Morgan fingerprint density at radius 3 is 2.70 bits per heavy atom. The third-order valence-corrected chi connectivity index (χ3v) is 5.66. The van der Waals surface area contributed by atoms with Gasteiger partial charge in [0.05, 0.1) is 6.61 Å². The second-order valence-corrected chi connectivity index (χ2v) is 8.12. The summed E-state index contributed by atoms with van der Waals surface area (Å²) in [6.07, 6.45) is 3.15. The highest BCUT2D eigenvalue weighted by molar-refractivity contribution is 5.86. The molecule has 2 fully saturated rings. The summed E-state index contributed by atoms with van der Waals surface area (Å²) in [5.41, 5.74) is -1.28. The number of hydrogen-bond acceptors (Lipinski definition) is 7. The summed E-state index contributed by atoms with van der Waals surface area (Å²) in [5.74, 6) is 1.83. The number of amides is 1. The van der Waals surface area contributed by atoms with Crippen LogP contribution >= 0.6 is 0 Å². The standard InChI is InChI=1S/C19H32N4O4/c1-14(2)16-20-17(27-21-16)15-5-9-22(10-6-15)13-19(25)7-4-8-23(18(19)24)11-12-26-3/h14-15,25H,4-13H2,1-3H3. The van der Waals surface area contributed by atoms with Gasteiger partial charge < -0.3 is 19.3 Å². The van der Waals surface area contributed by atoms with E-state index in [2.05, 4.69) is 28.9 Å². The smallest absolute Gasteiger partial charge is 0.255 e. The highest BCUT2D eigenvalue weighted by atomic mass is 16.5. The lowest BCUT2D eigenvalue weighted by atomic mass is 9.89. The van der Waals surface area contributed by atoms with Crippen molar-refractivity contribution in [3.63, 3.8) is 0 Å². The molecule has 1 amide bonds. The molecular weight excluding hydrogens is 348 g/mol. The number of likely N-dealkylation sites (tertiary alicyclic amines) is 2. The number of hydrogen-bond donors (Lipinski definition) is 1. The van der Waals surface area contributed by atoms with Crippen molar-refractivity contribution in [3.8, 4) is 0 Å². The molecule has 0 saturated carbocycles. The number of β-amino-alcohol motifs (C(OH)–C–C–N with tert-alkyl or cyclic N) is 1. The van der Waals surface area contributed by atoms with E-state index in [0.717, 1.165) is 44.1 Å². The highest BCUT2D eigenvalue weighted by Crippen LogP contribution is 2.30. The SMILES string of the molecule is COCCN1CCCC(O)(CN2CCC(c3nc(C(C)C)no3)CC2)C1=O. The molecule has 0 spiro atoms. The maximum atomic E-state index is 12.7. The second-order valence-electron chi connectivity index (χ2n) is 8.12. The van der Waals surface area contributed by atoms with Crippen LogP contribution in [0.3, 0.4) is 0 Å². The van der Waals surface area contributed by atoms with Gasteiger partial charge >= 0.3 is 0 Å². The van der Waals surface area contributed by atoms with Crippen LogP contribution in [0.4, 0.5) is 0 Å². The molecule has 27 heavy (non-hydrogen) atoms. The molecular formula is C19H32N4O4. The number of carbonyl (C=O) groups is 1. The van der Waals surface area contributed by atoms with Crippen molar-refractivity contribution < 1.29 is 19.2 Å². The van der Waals surface area contributed by atoms with E-state index in [1.54, 1.807) is 12.0 Å². The van der Waals surface area contributed by atoms with Crippen LogP contribution in [0.25, 0.3) is 0 Å². The Kier molecular flexibility index (Phi) is 6.49. The van der Waals surface area contributed by atoms with E-state index in [9.17, 15) is 9.90 Å². The highest BCUT2D eigenvalue weighted by Gasteiger charge is 2.43. The van der Waals surface area contributed by atoms with Crippen molar-refractivity contribution >= 4 is 5.91 Å². The summed E-state index contributed by atoms with van der Waals surface area (Å²) in [6, 6.07) is 0. The van der Waals surface area contributed by atoms with Crippen LogP contribution < -0.4 is 0 Å². The van der Waals surface area contributed by atoms with Crippen LogP contribution in [-0.4, -0.2) is 83.0 Å². The Balaban J connectivity index is 1.54. The molecule has 152 valence electrons. The summed E-state index contributed by atoms with van der Waals surface area (Å²) in [4.78, 5) is 21.2. The minimum absolute atomic E-state index is 0.161. The van der Waals surface area contributed by atoms with Crippen LogP contribution in [0.5, 0.6) is 0 Å². The molecule has 0 aromatic carbocycles. The fourth-order valence-electron chi connectivity index (χ4n) is 3.98. The lowest BCUT2D eigenvalue weighted by Crippen LogP contribution is -2.59. The van der Waals surface area contributed by atoms with Crippen molar-refractivity contribution in [1.29, 1.82) is 0 Å². The zero-order chi connectivity index (χ0) is 19.4. The number of piperidine rings is 2. The quantitative estimate of drug-likeness (QED) is 0.764. The molecule has 1 N–H and O–H groups in total. The van der Waals surface area contributed by atoms with E-state index in [1.807, 2.05) is 0 Å². The second kappa shape index (κ2) is 8.67. The molecule has 0 aliphatic carbocycles. The van der Waals surface area contributed by atoms with E-state index in [-0.39, 0.29) is 17.7 Å². The Morgan fingerprint density at radius 1 is 1.33 bits per heavy atom. The van der Waals surface area contributed by atoms with Crippen LogP contribution in [0.15, 0.2) is 4.52 Å². The zero-order valence-corrected chi connectivity index (χ0v) is 16.7. The van der Waals surface area contributed by atoms with Crippen LogP contribution in [-0.2, 0) is 9.53 Å². The summed E-state index contributed by atoms with van der Waals surface area (Å²) in [6.45, 7) is 7.86. The van der Waals surface area contributed by atoms with E-state index in [4.69, 9.17) is 9.26 Å². The van der Waals surface area contributed by atoms with Gasteiger partial charge in [-0.15, -0.1) is 0 Å². The van der Waals surface area contributed by atoms with Gasteiger partial charge in [0.25, 0.3) is 5.91 Å². The van der Waals surface area contributed by atoms with Gasteiger partial charge in [-0.1, -0.05) is 19.0 Å². The van der Waals surface area contributed by atoms with Gasteiger partial charge in [-0.25, -0.2) is 0 Å². The molecule has 2 aliphatic rings. The lowest BCUT2D eigenvalue weighted by Gasteiger charge is -2.42. The summed E-state index contributed by atoms with van der Waals surface area (Å²) in [5, 5.41) is 15.1. The molecule has 3 heterocycles. The van der Waals surface area contributed by atoms with E-state index < -0.39 is 5.60 Å². The Morgan fingerprint density at radius 2 is 2.07 bits per heavy atom. The molecule has 8 heteroatoms. The predicted octanol–water partition coefficient (Wildman–Crippen LogP) is 1.37. The van der Waals surface area contributed by atoms with E-state index in [1.165, 1.54) is 0 Å². The first-order valence-electron chi connectivity index (χ1n) is 9.99. The van der Waals surface area contributed by atoms with Crippen LogP contribution in [0.2, 0.25) is 0 Å². The average molecular weight is 380 g/mol. The van der Waals surface area contributed by atoms with E-state index >= 15 is 0 Å². The first-order chi connectivity index (χ1) is 12.9. The fraction of sp³-hybridized carbons (Fsp3) is 0.842. The van der Waals surface area contributed by atoms with Gasteiger partial charge in [0.2, 0.25) is 5.89 Å². The molecule has 1 unspecified atom stereocenters. The third kappa shape index (κ3) is 4.67. The minimum Gasteiger partial charge on any atom is -0.383 e. The Hall–Kier alpha value is -1.51. The number of aromatic nitrogens is 2. The Labute approximate surface area is 160 Å². The molecule has 2 aliphatic heterocycles. The van der Waals surface area contributed by atoms with Crippen molar-refractivity contribution in [2.24, 2.45) is 0 Å². The topological polar surface area (TPSA) is 91.9 Å². The first kappa shape index (κ1) is 20.2. The molecule has 1 aromatic rings. The van der Waals surface area contributed by atoms with Crippen molar-refractivity contribution in [1.82, 2.24) is 19.9 Å². The molecule has 3 rings (SSSR count). The fourth-order valence-corrected chi connectivity index (χ4v) is 3.98. The van der Waals surface area contributed by atoms with E-state index in [0.29, 0.717) is 32.7 Å². The average Bonchev–Trinajstić information content (AvgIpc) is 3.14. The van der Waals surface area contributed by atoms with Gasteiger partial charge in [0.15, 0.2) is 11.4 Å². The molecule has 1 atom stereocenters. The number of carbonyl (C=O) groups excluding carboxylic acids is 1. The largest absolute Gasteiger partial charge is 0.383 e. The van der Waals surface area contributed by atoms with Gasteiger partial charge in [-0.2, -0.15) is 4.98 Å². The molecule has 8 nitrogen and oxygen atoms in total. The monoisotopic (exact) mass is 380 g/mol. The number of rotatable bonds is 7. The van der Waals surface area contributed by atoms with Gasteiger partial charge in [0.1, 0.15) is 0 Å². The first-order valence-corrected chi connectivity index (χ1v) is 9.99. The molecule has 1 aromatic heterocycles. The number of ether oxygens (including phenoxy) is 1. The molecule has 0 radical (unpaired) electrons. The zero-order valence-electron chi connectivity index (χ0n) is 16.7. The number of methoxy groups -OCH3 is 1. The molecule has 0 bridgehead atoms. The van der Waals surface area contributed by atoms with Gasteiger partial charge in [0, 0.05) is 38.6 Å². The van der Waals surface area contributed by atoms with Crippen molar-refractivity contribution in [3.05, 3.63) is 11.7 Å². The molecule has 2 saturated heterocycles. The third-order valence-electron chi connectivity index (χ3n) is 5.66. The van der Waals surface area contributed by atoms with Gasteiger partial charge in [-0.05, 0) is 38.8 Å². The Bertz CT molecular complexity index is 627. The van der Waals surface area contributed by atoms with Crippen molar-refractivity contribution in [2.45, 2.75) is 57.0 Å². The normalized spacial score (nSPS) is 25.5. The minimum atomic E-state index is -1.28. The van der Waals surface area contributed by atoms with Gasteiger partial charge in [-0.3, -0.25) is 9.69 Å². The predicted molar refractivity (Wildman–Crippen MR) is 99.4 cm³/mol. The van der Waals surface area contributed by atoms with Crippen LogP contribution in [0.1, 0.15) is 63.1 Å². The lowest BCUT2D eigenvalue weighted by molar-refractivity contribution is -0.160. The summed E-state index contributed by atoms with van der Waals surface area (Å²) in [7, 11) is 1.62. The maximum absolute atomic E-state index is 12.7. The summed E-state index contributed by atoms with van der Waals surface area (Å²) < 4.78 is 10.5. The number of nitrogens with zero attached hydrogens (tertiary/aromatic N) is 4. The van der Waals surface area contributed by atoms with Crippen LogP contribution in [0, 0.1) is 0 Å².